The van der Waals surface area contributed by atoms with Gasteiger partial charge in [-0.2, -0.15) is 0 Å². The molecule has 68 valence electrons. The second-order valence-corrected chi connectivity index (χ2v) is 2.79. The molecule has 0 heterocycles. The lowest BCUT2D eigenvalue weighted by Gasteiger charge is -2.05. The highest BCUT2D eigenvalue weighted by Crippen LogP contribution is 2.09. The van der Waals surface area contributed by atoms with Gasteiger partial charge in [-0.1, -0.05) is 37.3 Å². The fraction of sp³-hybridized carbons (Fsp3) is 0.182. The van der Waals surface area contributed by atoms with E-state index in [1.165, 1.54) is 6.20 Å². The predicted octanol–water partition coefficient (Wildman–Crippen LogP) is 2.31. The third kappa shape index (κ3) is 2.18. The summed E-state index contributed by atoms with van der Waals surface area (Å²) in [6.45, 7) is 2.00. The van der Waals surface area contributed by atoms with Crippen molar-refractivity contribution in [2.75, 3.05) is 0 Å². The number of rotatable bonds is 3. The molecule has 3 N–H and O–H groups in total. The van der Waals surface area contributed by atoms with Gasteiger partial charge in [-0.05, 0) is 23.8 Å². The van der Waals surface area contributed by atoms with Gasteiger partial charge in [-0.15, -0.1) is 0 Å². The fourth-order valence-corrected chi connectivity index (χ4v) is 1.17. The Kier molecular flexibility index (Phi) is 3.26. The SMILES string of the molecule is CC/C(=C/N)C(=N)c1ccccc1. The van der Waals surface area contributed by atoms with Crippen LogP contribution in [0, 0.1) is 5.41 Å². The van der Waals surface area contributed by atoms with Crippen LogP contribution in [0.25, 0.3) is 0 Å². The molecule has 2 nitrogen and oxygen atoms in total. The van der Waals surface area contributed by atoms with Crippen molar-refractivity contribution in [2.45, 2.75) is 13.3 Å². The Hall–Kier alpha value is -1.57. The van der Waals surface area contributed by atoms with E-state index in [-0.39, 0.29) is 0 Å². The molecule has 0 bridgehead atoms. The first kappa shape index (κ1) is 9.52. The molecule has 0 spiro atoms. The maximum absolute atomic E-state index is 7.84. The first-order valence-corrected chi connectivity index (χ1v) is 4.34. The van der Waals surface area contributed by atoms with Crippen molar-refractivity contribution in [3.05, 3.63) is 47.7 Å². The van der Waals surface area contributed by atoms with E-state index in [9.17, 15) is 0 Å². The molecule has 0 aromatic heterocycles. The van der Waals surface area contributed by atoms with Crippen LogP contribution in [0.4, 0.5) is 0 Å². The summed E-state index contributed by atoms with van der Waals surface area (Å²) < 4.78 is 0. The molecule has 1 aromatic carbocycles. The van der Waals surface area contributed by atoms with Crippen molar-refractivity contribution < 1.29 is 0 Å². The molecule has 0 saturated carbocycles. The first-order chi connectivity index (χ1) is 6.29. The second kappa shape index (κ2) is 4.45. The van der Waals surface area contributed by atoms with Gasteiger partial charge in [0.15, 0.2) is 0 Å². The van der Waals surface area contributed by atoms with Gasteiger partial charge in [-0.3, -0.25) is 5.41 Å². The lowest BCUT2D eigenvalue weighted by atomic mass is 10.0. The molecular weight excluding hydrogens is 160 g/mol. The van der Waals surface area contributed by atoms with Crippen molar-refractivity contribution in [3.63, 3.8) is 0 Å². The number of nitrogens with two attached hydrogens (primary N) is 1. The van der Waals surface area contributed by atoms with Gasteiger partial charge in [0.25, 0.3) is 0 Å². The molecule has 0 fully saturated rings. The van der Waals surface area contributed by atoms with Crippen molar-refractivity contribution >= 4 is 5.71 Å². The summed E-state index contributed by atoms with van der Waals surface area (Å²) in [5.74, 6) is 0. The Labute approximate surface area is 78.6 Å². The Balaban J connectivity index is 2.92. The molecule has 1 rings (SSSR count). The molecule has 0 aliphatic rings. The van der Waals surface area contributed by atoms with E-state index in [1.807, 2.05) is 37.3 Å². The molecule has 2 heteroatoms. The average molecular weight is 174 g/mol. The van der Waals surface area contributed by atoms with Gasteiger partial charge in [0, 0.05) is 0 Å². The number of hydrogen-bond donors (Lipinski definition) is 2. The molecule has 0 unspecified atom stereocenters. The van der Waals surface area contributed by atoms with E-state index >= 15 is 0 Å². The monoisotopic (exact) mass is 174 g/mol. The zero-order chi connectivity index (χ0) is 9.68. The Bertz CT molecular complexity index is 312. The predicted molar refractivity (Wildman–Crippen MR) is 55.8 cm³/mol. The van der Waals surface area contributed by atoms with Crippen LogP contribution in [-0.4, -0.2) is 5.71 Å². The van der Waals surface area contributed by atoms with E-state index in [1.54, 1.807) is 0 Å². The van der Waals surface area contributed by atoms with Gasteiger partial charge in [0.2, 0.25) is 0 Å². The fourth-order valence-electron chi connectivity index (χ4n) is 1.17. The number of allylic oxidation sites excluding steroid dienone is 1. The minimum Gasteiger partial charge on any atom is -0.404 e. The average Bonchev–Trinajstić information content (AvgIpc) is 2.21. The largest absolute Gasteiger partial charge is 0.404 e. The van der Waals surface area contributed by atoms with Crippen LogP contribution in [0.15, 0.2) is 42.1 Å². The Morgan fingerprint density at radius 1 is 1.38 bits per heavy atom. The van der Waals surface area contributed by atoms with Crippen LogP contribution >= 0.6 is 0 Å². The van der Waals surface area contributed by atoms with Crippen molar-refractivity contribution in [1.82, 2.24) is 0 Å². The summed E-state index contributed by atoms with van der Waals surface area (Å²) in [4.78, 5) is 0. The van der Waals surface area contributed by atoms with Crippen LogP contribution in [0.5, 0.6) is 0 Å². The molecule has 0 saturated heterocycles. The van der Waals surface area contributed by atoms with Gasteiger partial charge < -0.3 is 5.73 Å². The van der Waals surface area contributed by atoms with E-state index < -0.39 is 0 Å². The second-order valence-electron chi connectivity index (χ2n) is 2.79. The Morgan fingerprint density at radius 3 is 2.46 bits per heavy atom. The number of hydrogen-bond acceptors (Lipinski definition) is 2. The lowest BCUT2D eigenvalue weighted by Crippen LogP contribution is -2.04. The van der Waals surface area contributed by atoms with E-state index in [2.05, 4.69) is 0 Å². The summed E-state index contributed by atoms with van der Waals surface area (Å²) in [5, 5.41) is 7.84. The standard InChI is InChI=1S/C11H14N2/c1-2-9(8-12)11(13)10-6-4-3-5-7-10/h3-8,13H,2,12H2,1H3/b9-8-,13-11?. The summed E-state index contributed by atoms with van der Waals surface area (Å²) in [6.07, 6.45) is 2.31. The molecule has 0 atom stereocenters. The van der Waals surface area contributed by atoms with Crippen molar-refractivity contribution in [3.8, 4) is 0 Å². The molecule has 0 amide bonds. The number of benzene rings is 1. The zero-order valence-electron chi connectivity index (χ0n) is 7.75. The third-order valence-corrected chi connectivity index (χ3v) is 1.97. The molecule has 1 aromatic rings. The lowest BCUT2D eigenvalue weighted by molar-refractivity contribution is 1.15. The molecule has 0 aliphatic heterocycles. The van der Waals surface area contributed by atoms with Crippen LogP contribution < -0.4 is 5.73 Å². The highest BCUT2D eigenvalue weighted by molar-refractivity contribution is 6.10. The third-order valence-electron chi connectivity index (χ3n) is 1.97. The minimum atomic E-state index is 0.519. The van der Waals surface area contributed by atoms with E-state index in [4.69, 9.17) is 11.1 Å². The highest BCUT2D eigenvalue weighted by atomic mass is 14.5. The summed E-state index contributed by atoms with van der Waals surface area (Å²) in [6, 6.07) is 9.62. The summed E-state index contributed by atoms with van der Waals surface area (Å²) in [7, 11) is 0. The van der Waals surface area contributed by atoms with Gasteiger partial charge in [-0.25, -0.2) is 0 Å². The van der Waals surface area contributed by atoms with E-state index in [0.29, 0.717) is 5.71 Å². The van der Waals surface area contributed by atoms with Crippen molar-refractivity contribution in [2.24, 2.45) is 5.73 Å². The summed E-state index contributed by atoms with van der Waals surface area (Å²) in [5.41, 5.74) is 7.74. The quantitative estimate of drug-likeness (QED) is 0.679. The highest BCUT2D eigenvalue weighted by Gasteiger charge is 2.03. The van der Waals surface area contributed by atoms with Crippen LogP contribution in [-0.2, 0) is 0 Å². The Morgan fingerprint density at radius 2 is 2.00 bits per heavy atom. The number of nitrogens with one attached hydrogen (secondary N) is 1. The van der Waals surface area contributed by atoms with E-state index in [0.717, 1.165) is 17.6 Å². The molecule has 0 aliphatic carbocycles. The minimum absolute atomic E-state index is 0.519. The smallest absolute Gasteiger partial charge is 0.0658 e. The molecular formula is C11H14N2. The zero-order valence-corrected chi connectivity index (χ0v) is 7.75. The maximum Gasteiger partial charge on any atom is 0.0658 e. The molecule has 13 heavy (non-hydrogen) atoms. The maximum atomic E-state index is 7.84. The van der Waals surface area contributed by atoms with Crippen LogP contribution in [0.2, 0.25) is 0 Å². The topological polar surface area (TPSA) is 49.9 Å². The van der Waals surface area contributed by atoms with Crippen LogP contribution in [0.1, 0.15) is 18.9 Å². The normalized spacial score (nSPS) is 11.3. The summed E-state index contributed by atoms with van der Waals surface area (Å²) >= 11 is 0. The van der Waals surface area contributed by atoms with Crippen molar-refractivity contribution in [1.29, 1.82) is 5.41 Å². The first-order valence-electron chi connectivity index (χ1n) is 4.34. The van der Waals surface area contributed by atoms with Gasteiger partial charge >= 0.3 is 0 Å². The molecule has 0 radical (unpaired) electrons. The van der Waals surface area contributed by atoms with Gasteiger partial charge in [0.05, 0.1) is 5.71 Å². The van der Waals surface area contributed by atoms with Gasteiger partial charge in [0.1, 0.15) is 0 Å². The van der Waals surface area contributed by atoms with Crippen LogP contribution in [0.3, 0.4) is 0 Å².